The Morgan fingerprint density at radius 3 is 2.75 bits per heavy atom. The zero-order valence-electron chi connectivity index (χ0n) is 10.9. The Kier molecular flexibility index (Phi) is 4.38. The number of nitrogens with two attached hydrogens (primary N) is 1. The highest BCUT2D eigenvalue weighted by molar-refractivity contribution is 5.55. The number of ether oxygens (including phenoxy) is 1. The molecule has 106 valence electrons. The number of nitrogens with zero attached hydrogens (tertiary/aromatic N) is 3. The van der Waals surface area contributed by atoms with E-state index in [0.29, 0.717) is 24.6 Å². The van der Waals surface area contributed by atoms with Crippen molar-refractivity contribution in [1.82, 2.24) is 10.1 Å². The van der Waals surface area contributed by atoms with Gasteiger partial charge in [-0.1, -0.05) is 5.16 Å². The third-order valence-corrected chi connectivity index (χ3v) is 2.60. The van der Waals surface area contributed by atoms with E-state index in [0.717, 1.165) is 0 Å². The lowest BCUT2D eigenvalue weighted by molar-refractivity contribution is -0.384. The van der Waals surface area contributed by atoms with Crippen LogP contribution in [0.5, 0.6) is 0 Å². The molecule has 1 aromatic heterocycles. The van der Waals surface area contributed by atoms with Gasteiger partial charge in [0.15, 0.2) is 5.82 Å². The summed E-state index contributed by atoms with van der Waals surface area (Å²) in [6.07, 6.45) is 0. The summed E-state index contributed by atoms with van der Waals surface area (Å²) < 4.78 is 10.3. The molecule has 0 aliphatic rings. The molecule has 8 heteroatoms. The first kappa shape index (κ1) is 14.1. The van der Waals surface area contributed by atoms with Crippen molar-refractivity contribution < 1.29 is 14.2 Å². The Morgan fingerprint density at radius 2 is 2.15 bits per heavy atom. The van der Waals surface area contributed by atoms with Gasteiger partial charge in [0, 0.05) is 24.3 Å². The number of aromatic nitrogens is 2. The molecule has 1 heterocycles. The number of rotatable bonds is 6. The summed E-state index contributed by atoms with van der Waals surface area (Å²) in [6, 6.07) is 5.37. The maximum Gasteiger partial charge on any atom is 0.269 e. The van der Waals surface area contributed by atoms with E-state index in [-0.39, 0.29) is 11.6 Å². The van der Waals surface area contributed by atoms with Gasteiger partial charge in [-0.2, -0.15) is 4.98 Å². The summed E-state index contributed by atoms with van der Waals surface area (Å²) in [5, 5.41) is 14.3. The highest BCUT2D eigenvalue weighted by atomic mass is 16.6. The van der Waals surface area contributed by atoms with E-state index < -0.39 is 11.0 Å². The van der Waals surface area contributed by atoms with Gasteiger partial charge in [0.05, 0.1) is 17.6 Å². The van der Waals surface area contributed by atoms with Crippen LogP contribution < -0.4 is 5.73 Å². The molecule has 1 atom stereocenters. The molecule has 0 aliphatic heterocycles. The summed E-state index contributed by atoms with van der Waals surface area (Å²) in [4.78, 5) is 14.3. The SMILES string of the molecule is CCOCC(N)c1noc(-c2ccc([N+](=O)[O-])cc2)n1. The molecule has 1 aromatic carbocycles. The molecule has 8 nitrogen and oxygen atoms in total. The number of hydrogen-bond donors (Lipinski definition) is 1. The van der Waals surface area contributed by atoms with E-state index in [1.807, 2.05) is 6.92 Å². The Hall–Kier alpha value is -2.32. The standard InChI is InChI=1S/C12H14N4O4/c1-2-19-7-10(13)11-14-12(20-15-11)8-3-5-9(6-4-8)16(17)18/h3-6,10H,2,7,13H2,1H3. The lowest BCUT2D eigenvalue weighted by Crippen LogP contribution is -2.18. The van der Waals surface area contributed by atoms with Crippen LogP contribution >= 0.6 is 0 Å². The Morgan fingerprint density at radius 1 is 1.45 bits per heavy atom. The Balaban J connectivity index is 2.13. The number of nitro benzene ring substituents is 1. The van der Waals surface area contributed by atoms with Crippen LogP contribution in [0.1, 0.15) is 18.8 Å². The molecular weight excluding hydrogens is 264 g/mol. The lowest BCUT2D eigenvalue weighted by atomic mass is 10.2. The highest BCUT2D eigenvalue weighted by Crippen LogP contribution is 2.21. The minimum absolute atomic E-state index is 0.00142. The summed E-state index contributed by atoms with van der Waals surface area (Å²) in [5.74, 6) is 0.605. The molecule has 0 spiro atoms. The van der Waals surface area contributed by atoms with Crippen LogP contribution in [-0.2, 0) is 4.74 Å². The number of benzene rings is 1. The van der Waals surface area contributed by atoms with Crippen molar-refractivity contribution in [3.8, 4) is 11.5 Å². The van der Waals surface area contributed by atoms with Crippen molar-refractivity contribution in [3.63, 3.8) is 0 Å². The molecule has 20 heavy (non-hydrogen) atoms. The van der Waals surface area contributed by atoms with Gasteiger partial charge in [-0.15, -0.1) is 0 Å². The normalized spacial score (nSPS) is 12.3. The zero-order valence-corrected chi connectivity index (χ0v) is 10.9. The zero-order chi connectivity index (χ0) is 14.5. The van der Waals surface area contributed by atoms with Crippen LogP contribution in [0.2, 0.25) is 0 Å². The van der Waals surface area contributed by atoms with Crippen molar-refractivity contribution >= 4 is 5.69 Å². The largest absolute Gasteiger partial charge is 0.380 e. The van der Waals surface area contributed by atoms with Crippen molar-refractivity contribution in [2.75, 3.05) is 13.2 Å². The molecule has 0 saturated carbocycles. The van der Waals surface area contributed by atoms with Crippen LogP contribution in [0.3, 0.4) is 0 Å². The summed E-state index contributed by atoms with van der Waals surface area (Å²) >= 11 is 0. The van der Waals surface area contributed by atoms with E-state index in [1.54, 1.807) is 12.1 Å². The molecule has 0 aliphatic carbocycles. The second-order valence-corrected chi connectivity index (χ2v) is 4.03. The van der Waals surface area contributed by atoms with Gasteiger partial charge < -0.3 is 15.0 Å². The second-order valence-electron chi connectivity index (χ2n) is 4.03. The van der Waals surface area contributed by atoms with Gasteiger partial charge >= 0.3 is 0 Å². The molecule has 1 unspecified atom stereocenters. The molecular formula is C12H14N4O4. The van der Waals surface area contributed by atoms with Crippen molar-refractivity contribution in [1.29, 1.82) is 0 Å². The third kappa shape index (κ3) is 3.16. The number of hydrogen-bond acceptors (Lipinski definition) is 7. The monoisotopic (exact) mass is 278 g/mol. The topological polar surface area (TPSA) is 117 Å². The first-order chi connectivity index (χ1) is 9.61. The third-order valence-electron chi connectivity index (χ3n) is 2.60. The van der Waals surface area contributed by atoms with Crippen LogP contribution in [0.15, 0.2) is 28.8 Å². The summed E-state index contributed by atoms with van der Waals surface area (Å²) in [5.41, 5.74) is 6.43. The quantitative estimate of drug-likeness (QED) is 0.630. The maximum atomic E-state index is 10.6. The fourth-order valence-electron chi connectivity index (χ4n) is 1.55. The first-order valence-corrected chi connectivity index (χ1v) is 6.03. The van der Waals surface area contributed by atoms with Gasteiger partial charge in [-0.25, -0.2) is 0 Å². The minimum atomic E-state index is -0.471. The van der Waals surface area contributed by atoms with Gasteiger partial charge in [0.25, 0.3) is 11.6 Å². The number of nitro groups is 1. The smallest absolute Gasteiger partial charge is 0.269 e. The fourth-order valence-corrected chi connectivity index (χ4v) is 1.55. The van der Waals surface area contributed by atoms with E-state index in [9.17, 15) is 10.1 Å². The average Bonchev–Trinajstić information content (AvgIpc) is 2.94. The summed E-state index contributed by atoms with van der Waals surface area (Å²) in [7, 11) is 0. The van der Waals surface area contributed by atoms with Crippen molar-refractivity contribution in [3.05, 3.63) is 40.2 Å². The molecule has 2 rings (SSSR count). The van der Waals surface area contributed by atoms with Crippen LogP contribution in [0.4, 0.5) is 5.69 Å². The van der Waals surface area contributed by atoms with E-state index in [4.69, 9.17) is 15.0 Å². The maximum absolute atomic E-state index is 10.6. The van der Waals surface area contributed by atoms with Crippen molar-refractivity contribution in [2.24, 2.45) is 5.73 Å². The van der Waals surface area contributed by atoms with Crippen molar-refractivity contribution in [2.45, 2.75) is 13.0 Å². The van der Waals surface area contributed by atoms with Gasteiger partial charge in [0.2, 0.25) is 0 Å². The molecule has 0 radical (unpaired) electrons. The van der Waals surface area contributed by atoms with Crippen LogP contribution in [0, 0.1) is 10.1 Å². The molecule has 0 fully saturated rings. The van der Waals surface area contributed by atoms with Gasteiger partial charge in [0.1, 0.15) is 0 Å². The van der Waals surface area contributed by atoms with E-state index >= 15 is 0 Å². The molecule has 0 bridgehead atoms. The average molecular weight is 278 g/mol. The predicted molar refractivity (Wildman–Crippen MR) is 69.8 cm³/mol. The lowest BCUT2D eigenvalue weighted by Gasteiger charge is -2.05. The molecule has 2 N–H and O–H groups in total. The van der Waals surface area contributed by atoms with Gasteiger partial charge in [-0.05, 0) is 19.1 Å². The summed E-state index contributed by atoms with van der Waals surface area (Å²) in [6.45, 7) is 2.72. The fraction of sp³-hybridized carbons (Fsp3) is 0.333. The van der Waals surface area contributed by atoms with E-state index in [1.165, 1.54) is 12.1 Å². The second kappa shape index (κ2) is 6.22. The number of non-ortho nitro benzene ring substituents is 1. The van der Waals surface area contributed by atoms with Crippen LogP contribution in [-0.4, -0.2) is 28.3 Å². The van der Waals surface area contributed by atoms with Gasteiger partial charge in [-0.3, -0.25) is 10.1 Å². The molecule has 2 aromatic rings. The minimum Gasteiger partial charge on any atom is -0.380 e. The Bertz CT molecular complexity index is 581. The molecule has 0 saturated heterocycles. The first-order valence-electron chi connectivity index (χ1n) is 6.03. The van der Waals surface area contributed by atoms with E-state index in [2.05, 4.69) is 10.1 Å². The Labute approximate surface area is 114 Å². The predicted octanol–water partition coefficient (Wildman–Crippen LogP) is 1.68. The molecule has 0 amide bonds. The highest BCUT2D eigenvalue weighted by Gasteiger charge is 2.16. The van der Waals surface area contributed by atoms with Crippen LogP contribution in [0.25, 0.3) is 11.5 Å².